The van der Waals surface area contributed by atoms with Gasteiger partial charge in [-0.05, 0) is 80.0 Å². The number of Topliss-reactive ketones (excluding diaryl/α,β-unsaturated/α-hetero) is 1. The highest BCUT2D eigenvalue weighted by molar-refractivity contribution is 5.96. The van der Waals surface area contributed by atoms with Crippen LogP contribution < -0.4 is 10.6 Å². The van der Waals surface area contributed by atoms with Gasteiger partial charge in [-0.3, -0.25) is 4.79 Å². The minimum atomic E-state index is -0.261. The second kappa shape index (κ2) is 8.96. The molecule has 0 saturated carbocycles. The Hall–Kier alpha value is -2.73. The maximum Gasteiger partial charge on any atom is 0.319 e. The van der Waals surface area contributed by atoms with Crippen LogP contribution in [0.3, 0.4) is 0 Å². The van der Waals surface area contributed by atoms with Crippen molar-refractivity contribution in [1.29, 1.82) is 0 Å². The van der Waals surface area contributed by atoms with Gasteiger partial charge >= 0.3 is 6.03 Å². The molecule has 2 N–H and O–H groups in total. The number of nitrogens with one attached hydrogen (secondary N) is 2. The lowest BCUT2D eigenvalue weighted by Gasteiger charge is -2.26. The van der Waals surface area contributed by atoms with Gasteiger partial charge < -0.3 is 15.5 Å². The zero-order valence-electron chi connectivity index (χ0n) is 17.3. The van der Waals surface area contributed by atoms with E-state index >= 15 is 0 Å². The fraction of sp³-hybridized carbons (Fsp3) is 0.417. The van der Waals surface area contributed by atoms with E-state index in [1.54, 1.807) is 36.4 Å². The van der Waals surface area contributed by atoms with Crippen molar-refractivity contribution in [1.82, 2.24) is 10.2 Å². The maximum atomic E-state index is 13.5. The molecule has 30 heavy (non-hydrogen) atoms. The van der Waals surface area contributed by atoms with Gasteiger partial charge in [0.2, 0.25) is 0 Å². The van der Waals surface area contributed by atoms with Gasteiger partial charge in [-0.1, -0.05) is 18.2 Å². The molecule has 2 aromatic carbocycles. The predicted molar refractivity (Wildman–Crippen MR) is 115 cm³/mol. The molecule has 1 fully saturated rings. The van der Waals surface area contributed by atoms with Crippen LogP contribution in [-0.4, -0.2) is 42.9 Å². The van der Waals surface area contributed by atoms with Gasteiger partial charge in [0.05, 0.1) is 0 Å². The third-order valence-electron chi connectivity index (χ3n) is 6.25. The average Bonchev–Trinajstić information content (AvgIpc) is 3.11. The van der Waals surface area contributed by atoms with Crippen LogP contribution in [-0.2, 0) is 12.8 Å². The van der Waals surface area contributed by atoms with Gasteiger partial charge in [-0.25, -0.2) is 9.18 Å². The number of ketones is 1. The Morgan fingerprint density at radius 3 is 2.60 bits per heavy atom. The monoisotopic (exact) mass is 409 g/mol. The molecule has 0 unspecified atom stereocenters. The molecule has 2 atom stereocenters. The number of hydrogen-bond donors (Lipinski definition) is 2. The maximum absolute atomic E-state index is 13.5. The number of carbonyl (C=O) groups is 2. The molecule has 6 heteroatoms. The van der Waals surface area contributed by atoms with Crippen LogP contribution in [0.5, 0.6) is 0 Å². The van der Waals surface area contributed by atoms with Crippen molar-refractivity contribution in [3.05, 3.63) is 65.0 Å². The fourth-order valence-electron chi connectivity index (χ4n) is 4.73. The Bertz CT molecular complexity index is 946. The number of likely N-dealkylation sites (tertiary alicyclic amines) is 1. The summed E-state index contributed by atoms with van der Waals surface area (Å²) in [5.41, 5.74) is 3.66. The van der Waals surface area contributed by atoms with Crippen molar-refractivity contribution in [2.24, 2.45) is 11.8 Å². The quantitative estimate of drug-likeness (QED) is 0.562. The van der Waals surface area contributed by atoms with E-state index in [9.17, 15) is 14.0 Å². The largest absolute Gasteiger partial charge is 0.338 e. The minimum Gasteiger partial charge on any atom is -0.338 e. The smallest absolute Gasteiger partial charge is 0.319 e. The third kappa shape index (κ3) is 4.87. The number of carbonyl (C=O) groups excluding carboxylic acids is 2. The zero-order chi connectivity index (χ0) is 21.1. The van der Waals surface area contributed by atoms with Crippen LogP contribution >= 0.6 is 0 Å². The topological polar surface area (TPSA) is 61.4 Å². The molecule has 2 aromatic rings. The summed E-state index contributed by atoms with van der Waals surface area (Å²) in [7, 11) is 0. The van der Waals surface area contributed by atoms with Gasteiger partial charge in [-0.2, -0.15) is 0 Å². The lowest BCUT2D eigenvalue weighted by molar-refractivity contribution is 0.101. The minimum absolute atomic E-state index is 0.0292. The molecule has 1 aliphatic carbocycles. The van der Waals surface area contributed by atoms with Crippen molar-refractivity contribution in [3.63, 3.8) is 0 Å². The van der Waals surface area contributed by atoms with E-state index in [4.69, 9.17) is 0 Å². The molecule has 0 bridgehead atoms. The number of rotatable bonds is 6. The van der Waals surface area contributed by atoms with E-state index in [0.29, 0.717) is 29.6 Å². The summed E-state index contributed by atoms with van der Waals surface area (Å²) in [4.78, 5) is 26.0. The predicted octanol–water partition coefficient (Wildman–Crippen LogP) is 3.89. The summed E-state index contributed by atoms with van der Waals surface area (Å²) < 4.78 is 13.5. The SMILES string of the molecule is CC(=O)c1cccc(NC(=O)NCCCN2C[C@H]3Cc4ccc(F)cc4C[C@H]3C2)c1. The van der Waals surface area contributed by atoms with Gasteiger partial charge in [-0.15, -0.1) is 0 Å². The summed E-state index contributed by atoms with van der Waals surface area (Å²) in [6, 6.07) is 11.9. The molecule has 4 rings (SSSR count). The van der Waals surface area contributed by atoms with E-state index in [-0.39, 0.29) is 17.6 Å². The van der Waals surface area contributed by atoms with Crippen molar-refractivity contribution in [3.8, 4) is 0 Å². The van der Waals surface area contributed by atoms with E-state index in [0.717, 1.165) is 38.9 Å². The zero-order valence-corrected chi connectivity index (χ0v) is 17.3. The van der Waals surface area contributed by atoms with E-state index < -0.39 is 0 Å². The highest BCUT2D eigenvalue weighted by Gasteiger charge is 2.36. The molecular weight excluding hydrogens is 381 g/mol. The molecule has 2 amide bonds. The second-order valence-corrected chi connectivity index (χ2v) is 8.47. The summed E-state index contributed by atoms with van der Waals surface area (Å²) in [6.45, 7) is 5.16. The van der Waals surface area contributed by atoms with Crippen molar-refractivity contribution in [2.45, 2.75) is 26.2 Å². The number of benzene rings is 2. The number of halogens is 1. The first-order valence-corrected chi connectivity index (χ1v) is 10.6. The summed E-state index contributed by atoms with van der Waals surface area (Å²) in [5.74, 6) is 1.08. The van der Waals surface area contributed by atoms with Gasteiger partial charge in [0.1, 0.15) is 5.82 Å². The molecule has 0 radical (unpaired) electrons. The van der Waals surface area contributed by atoms with E-state index in [1.807, 2.05) is 6.07 Å². The number of amides is 2. The molecule has 0 spiro atoms. The van der Waals surface area contributed by atoms with Crippen LogP contribution in [0.4, 0.5) is 14.9 Å². The first kappa shape index (κ1) is 20.5. The van der Waals surface area contributed by atoms with Crippen LogP contribution in [0, 0.1) is 17.7 Å². The van der Waals surface area contributed by atoms with Crippen molar-refractivity contribution in [2.75, 3.05) is 31.5 Å². The third-order valence-corrected chi connectivity index (χ3v) is 6.25. The Balaban J connectivity index is 1.18. The number of nitrogens with zero attached hydrogens (tertiary/aromatic N) is 1. The molecular formula is C24H28FN3O2. The first-order valence-electron chi connectivity index (χ1n) is 10.6. The highest BCUT2D eigenvalue weighted by atomic mass is 19.1. The number of urea groups is 1. The molecule has 5 nitrogen and oxygen atoms in total. The van der Waals surface area contributed by atoms with Crippen LogP contribution in [0.1, 0.15) is 34.8 Å². The highest BCUT2D eigenvalue weighted by Crippen LogP contribution is 2.35. The molecule has 1 saturated heterocycles. The van der Waals surface area contributed by atoms with E-state index in [2.05, 4.69) is 15.5 Å². The Morgan fingerprint density at radius 2 is 1.83 bits per heavy atom. The van der Waals surface area contributed by atoms with Gasteiger partial charge in [0, 0.05) is 30.9 Å². The van der Waals surface area contributed by atoms with Crippen LogP contribution in [0.15, 0.2) is 42.5 Å². The average molecular weight is 410 g/mol. The fourth-order valence-corrected chi connectivity index (χ4v) is 4.73. The summed E-state index contributed by atoms with van der Waals surface area (Å²) >= 11 is 0. The Morgan fingerprint density at radius 1 is 1.07 bits per heavy atom. The van der Waals surface area contributed by atoms with Crippen LogP contribution in [0.2, 0.25) is 0 Å². The van der Waals surface area contributed by atoms with Crippen molar-refractivity contribution < 1.29 is 14.0 Å². The van der Waals surface area contributed by atoms with Gasteiger partial charge in [0.25, 0.3) is 0 Å². The lowest BCUT2D eigenvalue weighted by Crippen LogP contribution is -2.32. The van der Waals surface area contributed by atoms with E-state index in [1.165, 1.54) is 18.1 Å². The molecule has 0 aromatic heterocycles. The Labute approximate surface area is 176 Å². The van der Waals surface area contributed by atoms with Crippen LogP contribution in [0.25, 0.3) is 0 Å². The summed E-state index contributed by atoms with van der Waals surface area (Å²) in [5, 5.41) is 5.66. The molecule has 1 heterocycles. The standard InChI is InChI=1S/C24H28FN3O2/c1-16(29)17-4-2-5-23(13-17)27-24(30)26-8-3-9-28-14-20-10-18-6-7-22(25)12-19(18)11-21(20)15-28/h2,4-7,12-13,20-21H,3,8-11,14-15H2,1H3,(H2,26,27,30)/t20-,21+/m1/s1. The second-order valence-electron chi connectivity index (χ2n) is 8.47. The number of hydrogen-bond acceptors (Lipinski definition) is 3. The summed E-state index contributed by atoms with van der Waals surface area (Å²) in [6.07, 6.45) is 2.88. The first-order chi connectivity index (χ1) is 14.5. The lowest BCUT2D eigenvalue weighted by atomic mass is 9.78. The van der Waals surface area contributed by atoms with Gasteiger partial charge in [0.15, 0.2) is 5.78 Å². The molecule has 1 aliphatic heterocycles. The number of fused-ring (bicyclic) bond motifs is 2. The normalized spacial score (nSPS) is 20.3. The van der Waals surface area contributed by atoms with Crippen molar-refractivity contribution >= 4 is 17.5 Å². The Kier molecular flexibility index (Phi) is 6.13. The molecule has 158 valence electrons. The number of anilines is 1. The molecule has 2 aliphatic rings.